The zero-order chi connectivity index (χ0) is 17.0. The first-order chi connectivity index (χ1) is 10.9. The molecule has 0 bridgehead atoms. The lowest BCUT2D eigenvalue weighted by atomic mass is 10.2. The third-order valence-electron chi connectivity index (χ3n) is 3.04. The molecule has 23 heavy (non-hydrogen) atoms. The van der Waals surface area contributed by atoms with Gasteiger partial charge in [0, 0.05) is 12.1 Å². The zero-order valence-corrected chi connectivity index (χ0v) is 13.6. The van der Waals surface area contributed by atoms with Crippen LogP contribution in [0.3, 0.4) is 0 Å². The number of hydrogen-bond donors (Lipinski definition) is 1. The molecule has 0 radical (unpaired) electrons. The highest BCUT2D eigenvalue weighted by molar-refractivity contribution is 7.92. The molecule has 0 heterocycles. The summed E-state index contributed by atoms with van der Waals surface area (Å²) in [5.74, 6) is 0.0347. The number of benzene rings is 2. The molecule has 0 unspecified atom stereocenters. The topological polar surface area (TPSA) is 73.9 Å². The molecule has 0 amide bonds. The van der Waals surface area contributed by atoms with Gasteiger partial charge in [-0.2, -0.15) is 0 Å². The Balaban J connectivity index is 2.46. The largest absolute Gasteiger partial charge is 0.493 e. The summed E-state index contributed by atoms with van der Waals surface area (Å²) in [6.07, 6.45) is 0. The van der Waals surface area contributed by atoms with E-state index in [2.05, 4.69) is 4.72 Å². The van der Waals surface area contributed by atoms with Crippen LogP contribution in [0, 0.1) is 5.82 Å². The SMILES string of the molecule is COc1cc(NS(=O)(=O)c2ccccc2F)cc(OC)c1OC. The molecule has 2 aromatic rings. The Kier molecular flexibility index (Phi) is 4.95. The van der Waals surface area contributed by atoms with E-state index in [0.717, 1.165) is 6.07 Å². The van der Waals surface area contributed by atoms with Crippen LogP contribution in [0.5, 0.6) is 17.2 Å². The van der Waals surface area contributed by atoms with Gasteiger partial charge in [-0.05, 0) is 12.1 Å². The van der Waals surface area contributed by atoms with Gasteiger partial charge in [0.2, 0.25) is 5.75 Å². The Morgan fingerprint density at radius 2 is 1.52 bits per heavy atom. The fourth-order valence-electron chi connectivity index (χ4n) is 2.01. The van der Waals surface area contributed by atoms with Gasteiger partial charge in [-0.25, -0.2) is 12.8 Å². The number of anilines is 1. The molecule has 0 aliphatic carbocycles. The lowest BCUT2D eigenvalue weighted by Gasteiger charge is -2.15. The molecular formula is C15H16FNO5S. The van der Waals surface area contributed by atoms with Gasteiger partial charge in [0.05, 0.1) is 27.0 Å². The van der Waals surface area contributed by atoms with E-state index in [9.17, 15) is 12.8 Å². The fourth-order valence-corrected chi connectivity index (χ4v) is 3.13. The first-order valence-corrected chi connectivity index (χ1v) is 7.98. The molecule has 0 aliphatic rings. The van der Waals surface area contributed by atoms with Crippen molar-refractivity contribution in [2.45, 2.75) is 4.90 Å². The van der Waals surface area contributed by atoms with Gasteiger partial charge in [-0.15, -0.1) is 0 Å². The average Bonchev–Trinajstić information content (AvgIpc) is 2.53. The van der Waals surface area contributed by atoms with E-state index in [1.807, 2.05) is 0 Å². The summed E-state index contributed by atoms with van der Waals surface area (Å²) in [7, 11) is 0.162. The van der Waals surface area contributed by atoms with Gasteiger partial charge < -0.3 is 14.2 Å². The summed E-state index contributed by atoms with van der Waals surface area (Å²) < 4.78 is 56.1. The lowest BCUT2D eigenvalue weighted by molar-refractivity contribution is 0.325. The predicted octanol–water partition coefficient (Wildman–Crippen LogP) is 2.65. The van der Waals surface area contributed by atoms with Crippen LogP contribution in [0.2, 0.25) is 0 Å². The Hall–Kier alpha value is -2.48. The van der Waals surface area contributed by atoms with Crippen molar-refractivity contribution >= 4 is 15.7 Å². The monoisotopic (exact) mass is 341 g/mol. The maximum absolute atomic E-state index is 13.7. The van der Waals surface area contributed by atoms with Crippen LogP contribution < -0.4 is 18.9 Å². The minimum Gasteiger partial charge on any atom is -0.493 e. The molecule has 0 aromatic heterocycles. The van der Waals surface area contributed by atoms with Crippen LogP contribution in [-0.2, 0) is 10.0 Å². The predicted molar refractivity (Wildman–Crippen MR) is 83.3 cm³/mol. The van der Waals surface area contributed by atoms with Crippen molar-refractivity contribution in [1.29, 1.82) is 0 Å². The Morgan fingerprint density at radius 3 is 2.00 bits per heavy atom. The molecule has 6 nitrogen and oxygen atoms in total. The molecule has 0 aliphatic heterocycles. The van der Waals surface area contributed by atoms with Crippen molar-refractivity contribution in [3.8, 4) is 17.2 Å². The molecule has 0 saturated heterocycles. The van der Waals surface area contributed by atoms with Crippen molar-refractivity contribution in [3.05, 3.63) is 42.2 Å². The van der Waals surface area contributed by atoms with E-state index in [-0.39, 0.29) is 17.2 Å². The molecule has 2 aromatic carbocycles. The molecular weight excluding hydrogens is 325 g/mol. The molecule has 0 spiro atoms. The van der Waals surface area contributed by atoms with E-state index in [1.54, 1.807) is 0 Å². The average molecular weight is 341 g/mol. The van der Waals surface area contributed by atoms with E-state index in [1.165, 1.54) is 51.7 Å². The Labute approximate surface area is 133 Å². The molecule has 124 valence electrons. The normalized spacial score (nSPS) is 11.0. The van der Waals surface area contributed by atoms with Crippen LogP contribution in [-0.4, -0.2) is 29.7 Å². The van der Waals surface area contributed by atoms with Gasteiger partial charge in [0.15, 0.2) is 11.5 Å². The third kappa shape index (κ3) is 3.48. The third-order valence-corrected chi connectivity index (χ3v) is 4.46. The smallest absolute Gasteiger partial charge is 0.264 e. The van der Waals surface area contributed by atoms with Gasteiger partial charge in [-0.3, -0.25) is 4.72 Å². The summed E-state index contributed by atoms with van der Waals surface area (Å²) in [4.78, 5) is -0.450. The summed E-state index contributed by atoms with van der Waals surface area (Å²) in [5, 5.41) is 0. The molecule has 2 rings (SSSR count). The van der Waals surface area contributed by atoms with Crippen molar-refractivity contribution in [2.75, 3.05) is 26.1 Å². The Morgan fingerprint density at radius 1 is 0.957 bits per heavy atom. The number of sulfonamides is 1. The van der Waals surface area contributed by atoms with E-state index in [0.29, 0.717) is 5.75 Å². The molecule has 1 N–H and O–H groups in total. The van der Waals surface area contributed by atoms with Crippen LogP contribution >= 0.6 is 0 Å². The maximum atomic E-state index is 13.7. The van der Waals surface area contributed by atoms with Crippen molar-refractivity contribution in [2.24, 2.45) is 0 Å². The number of methoxy groups -OCH3 is 3. The molecule has 0 atom stereocenters. The zero-order valence-electron chi connectivity index (χ0n) is 12.8. The quantitative estimate of drug-likeness (QED) is 0.874. The highest BCUT2D eigenvalue weighted by Gasteiger charge is 2.21. The number of nitrogens with one attached hydrogen (secondary N) is 1. The van der Waals surface area contributed by atoms with Gasteiger partial charge >= 0.3 is 0 Å². The minimum absolute atomic E-state index is 0.155. The molecule has 8 heteroatoms. The van der Waals surface area contributed by atoms with E-state index >= 15 is 0 Å². The number of hydrogen-bond acceptors (Lipinski definition) is 5. The first-order valence-electron chi connectivity index (χ1n) is 6.50. The second-order valence-corrected chi connectivity index (χ2v) is 6.10. The number of halogens is 1. The van der Waals surface area contributed by atoms with Gasteiger partial charge in [0.1, 0.15) is 10.7 Å². The van der Waals surface area contributed by atoms with Gasteiger partial charge in [-0.1, -0.05) is 12.1 Å². The summed E-state index contributed by atoms with van der Waals surface area (Å²) in [6, 6.07) is 7.93. The molecule has 0 saturated carbocycles. The summed E-state index contributed by atoms with van der Waals surface area (Å²) >= 11 is 0. The highest BCUT2D eigenvalue weighted by atomic mass is 32.2. The minimum atomic E-state index is -4.09. The van der Waals surface area contributed by atoms with Crippen LogP contribution in [0.4, 0.5) is 10.1 Å². The number of rotatable bonds is 6. The lowest BCUT2D eigenvalue weighted by Crippen LogP contribution is -2.14. The second kappa shape index (κ2) is 6.74. The highest BCUT2D eigenvalue weighted by Crippen LogP contribution is 2.40. The van der Waals surface area contributed by atoms with E-state index < -0.39 is 20.7 Å². The van der Waals surface area contributed by atoms with E-state index in [4.69, 9.17) is 14.2 Å². The van der Waals surface area contributed by atoms with Crippen molar-refractivity contribution in [3.63, 3.8) is 0 Å². The maximum Gasteiger partial charge on any atom is 0.264 e. The van der Waals surface area contributed by atoms with Crippen LogP contribution in [0.15, 0.2) is 41.3 Å². The Bertz CT molecular complexity index is 782. The second-order valence-electron chi connectivity index (χ2n) is 4.45. The standard InChI is InChI=1S/C15H16FNO5S/c1-20-12-8-10(9-13(21-2)15(12)22-3)17-23(18,19)14-7-5-4-6-11(14)16/h4-9,17H,1-3H3. The van der Waals surface area contributed by atoms with Crippen LogP contribution in [0.1, 0.15) is 0 Å². The van der Waals surface area contributed by atoms with Crippen LogP contribution in [0.25, 0.3) is 0 Å². The van der Waals surface area contributed by atoms with Crippen molar-refractivity contribution in [1.82, 2.24) is 0 Å². The summed E-state index contributed by atoms with van der Waals surface area (Å²) in [6.45, 7) is 0. The first kappa shape index (κ1) is 16.9. The fraction of sp³-hybridized carbons (Fsp3) is 0.200. The van der Waals surface area contributed by atoms with Crippen molar-refractivity contribution < 1.29 is 27.0 Å². The number of ether oxygens (including phenoxy) is 3. The summed E-state index contributed by atoms with van der Waals surface area (Å²) in [5.41, 5.74) is 0.155. The molecule has 0 fully saturated rings. The van der Waals surface area contributed by atoms with Gasteiger partial charge in [0.25, 0.3) is 10.0 Å².